The molecule has 0 saturated carbocycles. The van der Waals surface area contributed by atoms with Gasteiger partial charge in [-0.1, -0.05) is 18.2 Å². The van der Waals surface area contributed by atoms with Gasteiger partial charge in [0.2, 0.25) is 0 Å². The number of anilines is 2. The van der Waals surface area contributed by atoms with Crippen molar-refractivity contribution in [3.63, 3.8) is 0 Å². The van der Waals surface area contributed by atoms with Gasteiger partial charge in [-0.15, -0.1) is 0 Å². The lowest BCUT2D eigenvalue weighted by atomic mass is 10.2. The van der Waals surface area contributed by atoms with Crippen LogP contribution in [-0.2, 0) is 7.05 Å². The van der Waals surface area contributed by atoms with Crippen molar-refractivity contribution in [2.45, 2.75) is 13.3 Å². The van der Waals surface area contributed by atoms with Crippen molar-refractivity contribution >= 4 is 38.5 Å². The summed E-state index contributed by atoms with van der Waals surface area (Å²) in [6.45, 7) is 5.02. The Morgan fingerprint density at radius 3 is 2.75 bits per heavy atom. The molecule has 2 aromatic heterocycles. The second-order valence-corrected chi connectivity index (χ2v) is 6.28. The van der Waals surface area contributed by atoms with Crippen molar-refractivity contribution in [3.05, 3.63) is 41.3 Å². The average Bonchev–Trinajstić information content (AvgIpc) is 2.91. The maximum atomic E-state index is 4.36. The van der Waals surface area contributed by atoms with Crippen molar-refractivity contribution in [1.82, 2.24) is 19.7 Å². The van der Waals surface area contributed by atoms with Crippen molar-refractivity contribution in [2.75, 3.05) is 29.9 Å². The molecule has 24 heavy (non-hydrogen) atoms. The fraction of sp³-hybridized carbons (Fsp3) is 0.353. The van der Waals surface area contributed by atoms with Crippen LogP contribution in [0.3, 0.4) is 0 Å². The van der Waals surface area contributed by atoms with E-state index >= 15 is 0 Å². The summed E-state index contributed by atoms with van der Waals surface area (Å²) in [5.74, 6) is 0.822. The zero-order valence-corrected chi connectivity index (χ0v) is 15.5. The molecule has 0 unspecified atom stereocenters. The zero-order chi connectivity index (χ0) is 16.9. The molecule has 0 amide bonds. The van der Waals surface area contributed by atoms with Crippen LogP contribution in [0.1, 0.15) is 13.3 Å². The Bertz CT molecular complexity index is 801. The van der Waals surface area contributed by atoms with Crippen molar-refractivity contribution < 1.29 is 0 Å². The molecule has 0 saturated heterocycles. The van der Waals surface area contributed by atoms with E-state index in [1.165, 1.54) is 5.69 Å². The highest BCUT2D eigenvalue weighted by molar-refractivity contribution is 9.10. The van der Waals surface area contributed by atoms with Crippen LogP contribution in [-0.4, -0.2) is 39.4 Å². The number of aryl methyl sites for hydroxylation is 1. The van der Waals surface area contributed by atoms with Gasteiger partial charge in [0.05, 0.1) is 5.39 Å². The third-order valence-corrected chi connectivity index (χ3v) is 4.53. The van der Waals surface area contributed by atoms with Crippen LogP contribution in [0.5, 0.6) is 0 Å². The first kappa shape index (κ1) is 16.7. The first-order chi connectivity index (χ1) is 11.7. The molecule has 0 aliphatic rings. The predicted octanol–water partition coefficient (Wildman–Crippen LogP) is 3.45. The SMILES string of the molecule is CCN(CCCNc1ncnc2c1c(Br)nn2C)c1ccccc1. The topological polar surface area (TPSA) is 58.9 Å². The van der Waals surface area contributed by atoms with E-state index in [1.807, 2.05) is 13.1 Å². The molecule has 0 fully saturated rings. The summed E-state index contributed by atoms with van der Waals surface area (Å²) in [5.41, 5.74) is 2.08. The first-order valence-corrected chi connectivity index (χ1v) is 8.87. The number of nitrogens with zero attached hydrogens (tertiary/aromatic N) is 5. The lowest BCUT2D eigenvalue weighted by molar-refractivity contribution is 0.767. The summed E-state index contributed by atoms with van der Waals surface area (Å²) in [6.07, 6.45) is 2.59. The van der Waals surface area contributed by atoms with E-state index in [4.69, 9.17) is 0 Å². The Morgan fingerprint density at radius 2 is 2.00 bits per heavy atom. The molecule has 0 atom stereocenters. The number of hydrogen-bond acceptors (Lipinski definition) is 5. The number of rotatable bonds is 7. The minimum absolute atomic E-state index is 0.766. The van der Waals surface area contributed by atoms with Gasteiger partial charge in [-0.3, -0.25) is 0 Å². The molecule has 0 radical (unpaired) electrons. The fourth-order valence-corrected chi connectivity index (χ4v) is 3.36. The van der Waals surface area contributed by atoms with E-state index in [-0.39, 0.29) is 0 Å². The maximum absolute atomic E-state index is 4.36. The average molecular weight is 389 g/mol. The molecule has 0 aliphatic heterocycles. The summed E-state index contributed by atoms with van der Waals surface area (Å²) in [4.78, 5) is 11.0. The summed E-state index contributed by atoms with van der Waals surface area (Å²) >= 11 is 3.48. The van der Waals surface area contributed by atoms with Crippen LogP contribution in [0.2, 0.25) is 0 Å². The maximum Gasteiger partial charge on any atom is 0.164 e. The number of aromatic nitrogens is 4. The third-order valence-electron chi connectivity index (χ3n) is 3.98. The molecular formula is C17H21BrN6. The van der Waals surface area contributed by atoms with E-state index < -0.39 is 0 Å². The van der Waals surface area contributed by atoms with Crippen LogP contribution in [0.25, 0.3) is 11.0 Å². The van der Waals surface area contributed by atoms with Crippen LogP contribution < -0.4 is 10.2 Å². The number of benzene rings is 1. The standard InChI is InChI=1S/C17H21BrN6/c1-3-24(13-8-5-4-6-9-13)11-7-10-19-16-14-15(18)22-23(2)17(14)21-12-20-16/h4-6,8-9,12H,3,7,10-11H2,1-2H3,(H,19,20,21). The smallest absolute Gasteiger partial charge is 0.164 e. The molecule has 126 valence electrons. The van der Waals surface area contributed by atoms with Gasteiger partial charge in [-0.25, -0.2) is 14.6 Å². The molecule has 6 nitrogen and oxygen atoms in total. The van der Waals surface area contributed by atoms with E-state index in [1.54, 1.807) is 11.0 Å². The Balaban J connectivity index is 1.61. The number of nitrogens with one attached hydrogen (secondary N) is 1. The minimum atomic E-state index is 0.766. The Hall–Kier alpha value is -2.15. The van der Waals surface area contributed by atoms with Crippen molar-refractivity contribution in [3.8, 4) is 0 Å². The van der Waals surface area contributed by atoms with Crippen molar-refractivity contribution in [1.29, 1.82) is 0 Å². The van der Waals surface area contributed by atoms with Gasteiger partial charge < -0.3 is 10.2 Å². The van der Waals surface area contributed by atoms with Crippen molar-refractivity contribution in [2.24, 2.45) is 7.05 Å². The van der Waals surface area contributed by atoms with Crippen LogP contribution in [0.4, 0.5) is 11.5 Å². The fourth-order valence-electron chi connectivity index (χ4n) is 2.76. The number of para-hydroxylation sites is 1. The molecule has 0 aliphatic carbocycles. The molecule has 3 aromatic rings. The van der Waals surface area contributed by atoms with Gasteiger partial charge in [0.15, 0.2) is 5.65 Å². The molecule has 0 bridgehead atoms. The number of halogens is 1. The quantitative estimate of drug-likeness (QED) is 0.628. The number of fused-ring (bicyclic) bond motifs is 1. The Kier molecular flexibility index (Phi) is 5.30. The molecule has 1 N–H and O–H groups in total. The zero-order valence-electron chi connectivity index (χ0n) is 13.9. The molecule has 2 heterocycles. The Labute approximate surface area is 150 Å². The number of hydrogen-bond donors (Lipinski definition) is 1. The highest BCUT2D eigenvalue weighted by Crippen LogP contribution is 2.26. The van der Waals surface area contributed by atoms with E-state index in [0.717, 1.165) is 47.5 Å². The minimum Gasteiger partial charge on any atom is -0.372 e. The highest BCUT2D eigenvalue weighted by atomic mass is 79.9. The van der Waals surface area contributed by atoms with E-state index in [9.17, 15) is 0 Å². The van der Waals surface area contributed by atoms with Crippen LogP contribution in [0, 0.1) is 0 Å². The van der Waals surface area contributed by atoms with Gasteiger partial charge in [-0.2, -0.15) is 5.10 Å². The summed E-state index contributed by atoms with van der Waals surface area (Å²) < 4.78 is 2.52. The largest absolute Gasteiger partial charge is 0.372 e. The predicted molar refractivity (Wildman–Crippen MR) is 101 cm³/mol. The monoisotopic (exact) mass is 388 g/mol. The van der Waals surface area contributed by atoms with Crippen LogP contribution >= 0.6 is 15.9 Å². The van der Waals surface area contributed by atoms with Gasteiger partial charge in [0.1, 0.15) is 16.7 Å². The summed E-state index contributed by atoms with van der Waals surface area (Å²) in [6, 6.07) is 10.5. The third kappa shape index (κ3) is 3.51. The van der Waals surface area contributed by atoms with Gasteiger partial charge in [0, 0.05) is 32.4 Å². The molecule has 1 aromatic carbocycles. The summed E-state index contributed by atoms with van der Waals surface area (Å²) in [7, 11) is 1.88. The van der Waals surface area contributed by atoms with Crippen LogP contribution in [0.15, 0.2) is 41.3 Å². The lowest BCUT2D eigenvalue weighted by Gasteiger charge is -2.23. The summed E-state index contributed by atoms with van der Waals surface area (Å²) in [5, 5.41) is 8.68. The van der Waals surface area contributed by atoms with E-state index in [2.05, 4.69) is 72.4 Å². The Morgan fingerprint density at radius 1 is 1.21 bits per heavy atom. The van der Waals surface area contributed by atoms with Gasteiger partial charge >= 0.3 is 0 Å². The second kappa shape index (κ2) is 7.61. The molecule has 7 heteroatoms. The molecule has 3 rings (SSSR count). The molecular weight excluding hydrogens is 368 g/mol. The normalized spacial score (nSPS) is 11.0. The lowest BCUT2D eigenvalue weighted by Crippen LogP contribution is -2.25. The van der Waals surface area contributed by atoms with Gasteiger partial charge in [0.25, 0.3) is 0 Å². The van der Waals surface area contributed by atoms with E-state index in [0.29, 0.717) is 0 Å². The van der Waals surface area contributed by atoms with Gasteiger partial charge in [-0.05, 0) is 41.4 Å². The highest BCUT2D eigenvalue weighted by Gasteiger charge is 2.13. The molecule has 0 spiro atoms. The second-order valence-electron chi connectivity index (χ2n) is 5.53. The first-order valence-electron chi connectivity index (χ1n) is 8.07.